The fourth-order valence-electron chi connectivity index (χ4n) is 2.66. The second kappa shape index (κ2) is 6.61. The van der Waals surface area contributed by atoms with Crippen molar-refractivity contribution in [3.8, 4) is 0 Å². The van der Waals surface area contributed by atoms with E-state index in [1.807, 2.05) is 0 Å². The highest BCUT2D eigenvalue weighted by Crippen LogP contribution is 2.36. The minimum atomic E-state index is 0.349. The average molecular weight is 227 g/mol. The molecule has 0 aromatic heterocycles. The summed E-state index contributed by atoms with van der Waals surface area (Å²) in [5.74, 6) is 0. The zero-order valence-corrected chi connectivity index (χ0v) is 11.3. The number of nitrogens with zero attached hydrogens (tertiary/aromatic N) is 1. The maximum Gasteiger partial charge on any atom is 0.0431 e. The molecule has 96 valence electrons. The van der Waals surface area contributed by atoms with Gasteiger partial charge in [0.25, 0.3) is 0 Å². The molecule has 1 aliphatic carbocycles. The van der Waals surface area contributed by atoms with Crippen molar-refractivity contribution in [1.82, 2.24) is 4.90 Å². The zero-order valence-electron chi connectivity index (χ0n) is 11.3. The Morgan fingerprint density at radius 1 is 1.12 bits per heavy atom. The van der Waals surface area contributed by atoms with Gasteiger partial charge in [-0.2, -0.15) is 0 Å². The largest absolute Gasteiger partial charge is 0.396 e. The zero-order chi connectivity index (χ0) is 12.0. The smallest absolute Gasteiger partial charge is 0.0431 e. The highest BCUT2D eigenvalue weighted by molar-refractivity contribution is 4.82. The van der Waals surface area contributed by atoms with Crippen LogP contribution < -0.4 is 0 Å². The molecule has 2 nitrogen and oxygen atoms in total. The molecule has 1 saturated carbocycles. The number of unbranched alkanes of at least 4 members (excludes halogenated alkanes) is 2. The van der Waals surface area contributed by atoms with Crippen molar-refractivity contribution in [2.75, 3.05) is 20.2 Å². The number of hydrogen-bond donors (Lipinski definition) is 1. The lowest BCUT2D eigenvalue weighted by molar-refractivity contribution is 0.125. The van der Waals surface area contributed by atoms with Crippen LogP contribution in [0.15, 0.2) is 0 Å². The van der Waals surface area contributed by atoms with Gasteiger partial charge in [0, 0.05) is 12.6 Å². The van der Waals surface area contributed by atoms with Crippen LogP contribution in [0.1, 0.15) is 58.8 Å². The van der Waals surface area contributed by atoms with Crippen LogP contribution in [-0.2, 0) is 0 Å². The molecular formula is C14H29NO. The molecule has 0 spiro atoms. The first-order chi connectivity index (χ1) is 7.55. The highest BCUT2D eigenvalue weighted by Gasteiger charge is 2.28. The summed E-state index contributed by atoms with van der Waals surface area (Å²) in [5.41, 5.74) is 0.578. The van der Waals surface area contributed by atoms with E-state index in [0.29, 0.717) is 12.0 Å². The first-order valence-electron chi connectivity index (χ1n) is 6.86. The first kappa shape index (κ1) is 14.0. The predicted molar refractivity (Wildman–Crippen MR) is 69.6 cm³/mol. The van der Waals surface area contributed by atoms with Crippen LogP contribution in [0.25, 0.3) is 0 Å². The minimum Gasteiger partial charge on any atom is -0.396 e. The van der Waals surface area contributed by atoms with Gasteiger partial charge in [-0.15, -0.1) is 0 Å². The van der Waals surface area contributed by atoms with Gasteiger partial charge in [-0.3, -0.25) is 0 Å². The van der Waals surface area contributed by atoms with Crippen molar-refractivity contribution < 1.29 is 5.11 Å². The van der Waals surface area contributed by atoms with E-state index in [0.717, 1.165) is 12.5 Å². The summed E-state index contributed by atoms with van der Waals surface area (Å²) in [4.78, 5) is 2.53. The van der Waals surface area contributed by atoms with Crippen LogP contribution in [0.5, 0.6) is 0 Å². The number of hydrogen-bond acceptors (Lipinski definition) is 2. The molecule has 0 saturated heterocycles. The highest BCUT2D eigenvalue weighted by atomic mass is 16.2. The van der Waals surface area contributed by atoms with Gasteiger partial charge in [-0.05, 0) is 64.0 Å². The lowest BCUT2D eigenvalue weighted by Crippen LogP contribution is -2.37. The quantitative estimate of drug-likeness (QED) is 0.705. The van der Waals surface area contributed by atoms with E-state index in [4.69, 9.17) is 5.11 Å². The molecule has 0 unspecified atom stereocenters. The van der Waals surface area contributed by atoms with Crippen LogP contribution in [0.2, 0.25) is 0 Å². The minimum absolute atomic E-state index is 0.349. The van der Waals surface area contributed by atoms with Crippen LogP contribution in [-0.4, -0.2) is 36.2 Å². The molecule has 1 fully saturated rings. The molecule has 16 heavy (non-hydrogen) atoms. The van der Waals surface area contributed by atoms with Crippen molar-refractivity contribution in [2.45, 2.75) is 64.8 Å². The first-order valence-corrected chi connectivity index (χ1v) is 6.86. The Bertz CT molecular complexity index is 181. The average Bonchev–Trinajstić information content (AvgIpc) is 2.24. The molecule has 0 aliphatic heterocycles. The molecule has 1 rings (SSSR count). The molecule has 0 aromatic carbocycles. The van der Waals surface area contributed by atoms with Crippen molar-refractivity contribution in [1.29, 1.82) is 0 Å². The summed E-state index contributed by atoms with van der Waals surface area (Å²) < 4.78 is 0. The van der Waals surface area contributed by atoms with Gasteiger partial charge in [0.15, 0.2) is 0 Å². The number of rotatable bonds is 6. The molecule has 1 N–H and O–H groups in total. The van der Waals surface area contributed by atoms with Gasteiger partial charge in [0.2, 0.25) is 0 Å². The Hall–Kier alpha value is -0.0800. The topological polar surface area (TPSA) is 23.5 Å². The normalized spacial score (nSPS) is 21.6. The van der Waals surface area contributed by atoms with Gasteiger partial charge in [-0.1, -0.05) is 13.8 Å². The van der Waals surface area contributed by atoms with E-state index in [-0.39, 0.29) is 0 Å². The summed E-state index contributed by atoms with van der Waals surface area (Å²) >= 11 is 0. The molecule has 0 radical (unpaired) electrons. The third-order valence-corrected chi connectivity index (χ3v) is 4.10. The summed E-state index contributed by atoms with van der Waals surface area (Å²) in [6.45, 7) is 6.33. The summed E-state index contributed by atoms with van der Waals surface area (Å²) in [6, 6.07) is 0.808. The molecule has 0 amide bonds. The van der Waals surface area contributed by atoms with Gasteiger partial charge < -0.3 is 10.0 Å². The van der Waals surface area contributed by atoms with E-state index < -0.39 is 0 Å². The second-order valence-electron chi connectivity index (χ2n) is 6.16. The van der Waals surface area contributed by atoms with E-state index in [2.05, 4.69) is 25.8 Å². The van der Waals surface area contributed by atoms with Gasteiger partial charge in [0.1, 0.15) is 0 Å². The molecule has 0 aromatic rings. The number of aliphatic hydroxyl groups excluding tert-OH is 1. The van der Waals surface area contributed by atoms with Crippen LogP contribution in [0, 0.1) is 5.41 Å². The van der Waals surface area contributed by atoms with E-state index in [1.54, 1.807) is 0 Å². The van der Waals surface area contributed by atoms with Crippen molar-refractivity contribution in [2.24, 2.45) is 5.41 Å². The maximum atomic E-state index is 8.72. The predicted octanol–water partition coefficient (Wildman–Crippen LogP) is 3.05. The number of aliphatic hydroxyl groups is 1. The molecule has 0 atom stereocenters. The monoisotopic (exact) mass is 227 g/mol. The Labute approximate surface area is 101 Å². The lowest BCUT2D eigenvalue weighted by atomic mass is 9.75. The molecule has 0 heterocycles. The van der Waals surface area contributed by atoms with Crippen molar-refractivity contribution in [3.05, 3.63) is 0 Å². The summed E-state index contributed by atoms with van der Waals surface area (Å²) in [5, 5.41) is 8.72. The summed E-state index contributed by atoms with van der Waals surface area (Å²) in [6.07, 6.45) is 8.84. The van der Waals surface area contributed by atoms with E-state index in [9.17, 15) is 0 Å². The summed E-state index contributed by atoms with van der Waals surface area (Å²) in [7, 11) is 2.27. The van der Waals surface area contributed by atoms with Crippen LogP contribution >= 0.6 is 0 Å². The standard InChI is InChI=1S/C14H29NO/c1-14(2)9-7-13(8-10-14)15(3)11-5-4-6-12-16/h13,16H,4-12H2,1-3H3. The lowest BCUT2D eigenvalue weighted by Gasteiger charge is -2.38. The molecule has 2 heteroatoms. The van der Waals surface area contributed by atoms with Gasteiger partial charge in [-0.25, -0.2) is 0 Å². The third kappa shape index (κ3) is 4.84. The third-order valence-electron chi connectivity index (χ3n) is 4.10. The fraction of sp³-hybridized carbons (Fsp3) is 1.00. The van der Waals surface area contributed by atoms with Crippen molar-refractivity contribution >= 4 is 0 Å². The van der Waals surface area contributed by atoms with E-state index >= 15 is 0 Å². The maximum absolute atomic E-state index is 8.72. The van der Waals surface area contributed by atoms with Crippen molar-refractivity contribution in [3.63, 3.8) is 0 Å². The Morgan fingerprint density at radius 2 is 1.75 bits per heavy atom. The fourth-order valence-corrected chi connectivity index (χ4v) is 2.66. The van der Waals surface area contributed by atoms with Gasteiger partial charge >= 0.3 is 0 Å². The van der Waals surface area contributed by atoms with Gasteiger partial charge in [0.05, 0.1) is 0 Å². The molecule has 1 aliphatic rings. The Morgan fingerprint density at radius 3 is 2.31 bits per heavy atom. The second-order valence-corrected chi connectivity index (χ2v) is 6.16. The SMILES string of the molecule is CN(CCCCCO)C1CCC(C)(C)CC1. The Balaban J connectivity index is 2.15. The van der Waals surface area contributed by atoms with Crippen LogP contribution in [0.3, 0.4) is 0 Å². The van der Waals surface area contributed by atoms with Crippen LogP contribution in [0.4, 0.5) is 0 Å². The molecular weight excluding hydrogens is 198 g/mol. The Kier molecular flexibility index (Phi) is 5.77. The van der Waals surface area contributed by atoms with E-state index in [1.165, 1.54) is 45.1 Å². The molecule has 0 bridgehead atoms.